The molecule has 0 fully saturated rings. The van der Waals surface area contributed by atoms with Gasteiger partial charge in [-0.3, -0.25) is 10.2 Å². The van der Waals surface area contributed by atoms with E-state index >= 15 is 0 Å². The van der Waals surface area contributed by atoms with Crippen molar-refractivity contribution >= 4 is 28.9 Å². The first kappa shape index (κ1) is 10.9. The fourth-order valence-electron chi connectivity index (χ4n) is 1.71. The van der Waals surface area contributed by atoms with E-state index in [1.165, 1.54) is 0 Å². The number of nitrogens with zero attached hydrogens (tertiary/aromatic N) is 1. The third kappa shape index (κ3) is 2.03. The number of benzene rings is 2. The maximum absolute atomic E-state index is 11.3. The zero-order chi connectivity index (χ0) is 12.3. The summed E-state index contributed by atoms with van der Waals surface area (Å²) in [5.74, 6) is 0. The molecule has 0 aliphatic carbocycles. The summed E-state index contributed by atoms with van der Waals surface area (Å²) in [5, 5.41) is 2.81. The highest BCUT2D eigenvalue weighted by Crippen LogP contribution is 2.25. The second kappa shape index (κ2) is 4.52. The van der Waals surface area contributed by atoms with Gasteiger partial charge in [-0.1, -0.05) is 36.4 Å². The molecule has 0 aromatic heterocycles. The van der Waals surface area contributed by atoms with E-state index in [1.54, 1.807) is 12.1 Å². The van der Waals surface area contributed by atoms with Gasteiger partial charge in [0.2, 0.25) is 6.41 Å². The van der Waals surface area contributed by atoms with Crippen molar-refractivity contribution in [1.82, 2.24) is 5.43 Å². The first-order valence-electron chi connectivity index (χ1n) is 5.01. The maximum Gasteiger partial charge on any atom is 0.338 e. The van der Waals surface area contributed by atoms with E-state index in [0.29, 0.717) is 12.1 Å². The molecule has 2 rings (SSSR count). The zero-order valence-electron chi connectivity index (χ0n) is 8.96. The highest BCUT2D eigenvalue weighted by molar-refractivity contribution is 6.02. The molecule has 0 spiro atoms. The average Bonchev–Trinajstić information content (AvgIpc) is 2.35. The van der Waals surface area contributed by atoms with E-state index in [0.717, 1.165) is 15.8 Å². The van der Waals surface area contributed by atoms with Crippen molar-refractivity contribution in [2.24, 2.45) is 5.73 Å². The van der Waals surface area contributed by atoms with Crippen molar-refractivity contribution < 1.29 is 9.59 Å². The second-order valence-corrected chi connectivity index (χ2v) is 3.42. The summed E-state index contributed by atoms with van der Waals surface area (Å²) in [6, 6.07) is 12.2. The topological polar surface area (TPSA) is 75.4 Å². The molecule has 0 saturated carbocycles. The van der Waals surface area contributed by atoms with Crippen LogP contribution >= 0.6 is 0 Å². The third-order valence-corrected chi connectivity index (χ3v) is 2.41. The Morgan fingerprint density at radius 2 is 1.88 bits per heavy atom. The molecule has 0 radical (unpaired) electrons. The molecule has 0 heterocycles. The van der Waals surface area contributed by atoms with Gasteiger partial charge in [-0.05, 0) is 11.5 Å². The minimum Gasteiger partial charge on any atom is -0.350 e. The number of anilines is 1. The summed E-state index contributed by atoms with van der Waals surface area (Å²) < 4.78 is 0. The lowest BCUT2D eigenvalue weighted by molar-refractivity contribution is -0.109. The Morgan fingerprint density at radius 3 is 2.59 bits per heavy atom. The normalized spacial score (nSPS) is 9.88. The van der Waals surface area contributed by atoms with Crippen molar-refractivity contribution in [3.8, 4) is 0 Å². The number of hydrazine groups is 1. The molecular weight excluding hydrogens is 218 g/mol. The zero-order valence-corrected chi connectivity index (χ0v) is 8.96. The van der Waals surface area contributed by atoms with Gasteiger partial charge in [0.15, 0.2) is 0 Å². The van der Waals surface area contributed by atoms with Crippen LogP contribution in [0.2, 0.25) is 0 Å². The number of amides is 3. The Morgan fingerprint density at radius 1 is 1.18 bits per heavy atom. The van der Waals surface area contributed by atoms with E-state index in [2.05, 4.69) is 5.43 Å². The summed E-state index contributed by atoms with van der Waals surface area (Å²) in [6.07, 6.45) is 0.409. The van der Waals surface area contributed by atoms with Gasteiger partial charge in [-0.25, -0.2) is 9.80 Å². The summed E-state index contributed by atoms with van der Waals surface area (Å²) >= 11 is 0. The molecule has 86 valence electrons. The van der Waals surface area contributed by atoms with Gasteiger partial charge in [0.05, 0.1) is 5.69 Å². The minimum absolute atomic E-state index is 0.409. The van der Waals surface area contributed by atoms with E-state index < -0.39 is 6.03 Å². The second-order valence-electron chi connectivity index (χ2n) is 3.42. The number of nitrogens with one attached hydrogen (secondary N) is 1. The van der Waals surface area contributed by atoms with Crippen LogP contribution in [0, 0.1) is 0 Å². The van der Waals surface area contributed by atoms with Crippen LogP contribution in [-0.4, -0.2) is 12.4 Å². The highest BCUT2D eigenvalue weighted by Gasteiger charge is 2.13. The first-order valence-corrected chi connectivity index (χ1v) is 5.01. The summed E-state index contributed by atoms with van der Waals surface area (Å²) in [6.45, 7) is 0. The highest BCUT2D eigenvalue weighted by atomic mass is 16.2. The van der Waals surface area contributed by atoms with E-state index in [4.69, 9.17) is 5.73 Å². The van der Waals surface area contributed by atoms with Gasteiger partial charge in [0.1, 0.15) is 0 Å². The molecule has 5 heteroatoms. The van der Waals surface area contributed by atoms with Gasteiger partial charge in [0, 0.05) is 5.39 Å². The monoisotopic (exact) mass is 229 g/mol. The van der Waals surface area contributed by atoms with Crippen LogP contribution in [0.25, 0.3) is 10.8 Å². The van der Waals surface area contributed by atoms with E-state index in [1.807, 2.05) is 30.3 Å². The molecule has 0 unspecified atom stereocenters. The number of urea groups is 1. The Kier molecular flexibility index (Phi) is 2.91. The van der Waals surface area contributed by atoms with E-state index in [9.17, 15) is 9.59 Å². The smallest absolute Gasteiger partial charge is 0.338 e. The maximum atomic E-state index is 11.3. The molecule has 0 bridgehead atoms. The Bertz CT molecular complexity index is 563. The standard InChI is InChI=1S/C12H11N3O2/c13-12(17)15(14-8-16)11-7-3-5-9-4-1-2-6-10(9)11/h1-8H,(H2,13,17)(H,14,16). The summed E-state index contributed by atoms with van der Waals surface area (Å²) in [5.41, 5.74) is 8.02. The summed E-state index contributed by atoms with van der Waals surface area (Å²) in [7, 11) is 0. The molecule has 3 amide bonds. The first-order chi connectivity index (χ1) is 8.24. The lowest BCUT2D eigenvalue weighted by atomic mass is 10.1. The Labute approximate surface area is 97.8 Å². The van der Waals surface area contributed by atoms with Crippen molar-refractivity contribution in [2.45, 2.75) is 0 Å². The quantitative estimate of drug-likeness (QED) is 0.616. The van der Waals surface area contributed by atoms with Crippen LogP contribution < -0.4 is 16.2 Å². The van der Waals surface area contributed by atoms with E-state index in [-0.39, 0.29) is 0 Å². The predicted molar refractivity (Wildman–Crippen MR) is 65.2 cm³/mol. The molecule has 0 aliphatic heterocycles. The molecule has 0 atom stereocenters. The molecule has 3 N–H and O–H groups in total. The molecule has 2 aromatic rings. The third-order valence-electron chi connectivity index (χ3n) is 2.41. The number of nitrogens with two attached hydrogens (primary N) is 1. The predicted octanol–water partition coefficient (Wildman–Crippen LogP) is 1.39. The molecule has 17 heavy (non-hydrogen) atoms. The van der Waals surface area contributed by atoms with Crippen molar-refractivity contribution in [3.63, 3.8) is 0 Å². The molecule has 2 aromatic carbocycles. The van der Waals surface area contributed by atoms with Crippen LogP contribution in [0.1, 0.15) is 0 Å². The number of carbonyl (C=O) groups excluding carboxylic acids is 2. The number of rotatable bonds is 3. The number of hydrogen-bond donors (Lipinski definition) is 2. The average molecular weight is 229 g/mol. The minimum atomic E-state index is -0.742. The van der Waals surface area contributed by atoms with Crippen molar-refractivity contribution in [2.75, 3.05) is 5.01 Å². The van der Waals surface area contributed by atoms with Gasteiger partial charge in [0.25, 0.3) is 0 Å². The number of fused-ring (bicyclic) bond motifs is 1. The molecule has 0 saturated heterocycles. The lowest BCUT2D eigenvalue weighted by Crippen LogP contribution is -2.45. The van der Waals surface area contributed by atoms with Crippen LogP contribution in [0.3, 0.4) is 0 Å². The van der Waals surface area contributed by atoms with Crippen LogP contribution in [0.4, 0.5) is 10.5 Å². The Hall–Kier alpha value is -2.56. The van der Waals surface area contributed by atoms with Crippen LogP contribution in [0.15, 0.2) is 42.5 Å². The van der Waals surface area contributed by atoms with Crippen molar-refractivity contribution in [3.05, 3.63) is 42.5 Å². The SMILES string of the molecule is NC(=O)N(NC=O)c1cccc2ccccc12. The molecule has 5 nitrogen and oxygen atoms in total. The summed E-state index contributed by atoms with van der Waals surface area (Å²) in [4.78, 5) is 21.7. The van der Waals surface area contributed by atoms with Gasteiger partial charge < -0.3 is 5.73 Å². The molecule has 0 aliphatic rings. The fraction of sp³-hybridized carbons (Fsp3) is 0. The largest absolute Gasteiger partial charge is 0.350 e. The number of primary amides is 1. The van der Waals surface area contributed by atoms with Gasteiger partial charge in [-0.15, -0.1) is 0 Å². The van der Waals surface area contributed by atoms with Crippen LogP contribution in [-0.2, 0) is 4.79 Å². The molecular formula is C12H11N3O2. The van der Waals surface area contributed by atoms with Crippen molar-refractivity contribution in [1.29, 1.82) is 0 Å². The Balaban J connectivity index is 2.60. The lowest BCUT2D eigenvalue weighted by Gasteiger charge is -2.20. The number of hydrogen-bond acceptors (Lipinski definition) is 2. The van der Waals surface area contributed by atoms with Gasteiger partial charge in [-0.2, -0.15) is 0 Å². The fourth-order valence-corrected chi connectivity index (χ4v) is 1.71. The number of carbonyl (C=O) groups is 2. The van der Waals surface area contributed by atoms with Gasteiger partial charge >= 0.3 is 6.03 Å². The van der Waals surface area contributed by atoms with Crippen LogP contribution in [0.5, 0.6) is 0 Å².